The molecule has 0 saturated heterocycles. The number of rotatable bonds is 7. The second-order valence-electron chi connectivity index (χ2n) is 6.89. The predicted molar refractivity (Wildman–Crippen MR) is 91.9 cm³/mol. The topological polar surface area (TPSA) is 75.6 Å². The van der Waals surface area contributed by atoms with E-state index in [-0.39, 0.29) is 12.3 Å². The van der Waals surface area contributed by atoms with E-state index in [1.165, 1.54) is 19.3 Å². The summed E-state index contributed by atoms with van der Waals surface area (Å²) in [6.45, 7) is 1.76. The number of hydrogen-bond acceptors (Lipinski definition) is 3. The van der Waals surface area contributed by atoms with Crippen molar-refractivity contribution < 1.29 is 19.4 Å². The fraction of sp³-hybridized carbons (Fsp3) is 0.579. The molecule has 1 unspecified atom stereocenters. The van der Waals surface area contributed by atoms with Gasteiger partial charge in [0.05, 0.1) is 19.1 Å². The van der Waals surface area contributed by atoms with Gasteiger partial charge in [0.25, 0.3) is 0 Å². The van der Waals surface area contributed by atoms with Crippen molar-refractivity contribution in [1.29, 1.82) is 0 Å². The highest BCUT2D eigenvalue weighted by molar-refractivity contribution is 5.79. The van der Waals surface area contributed by atoms with Crippen LogP contribution in [0.25, 0.3) is 0 Å². The highest BCUT2D eigenvalue weighted by Crippen LogP contribution is 2.30. The van der Waals surface area contributed by atoms with Crippen LogP contribution in [0.2, 0.25) is 0 Å². The Morgan fingerprint density at radius 3 is 2.62 bits per heavy atom. The van der Waals surface area contributed by atoms with Gasteiger partial charge < -0.3 is 15.2 Å². The first kappa shape index (κ1) is 18.3. The first-order chi connectivity index (χ1) is 11.4. The van der Waals surface area contributed by atoms with Crippen LogP contribution in [-0.4, -0.2) is 24.1 Å². The summed E-state index contributed by atoms with van der Waals surface area (Å²) in [4.78, 5) is 23.8. The number of methoxy groups -OCH3 is 1. The van der Waals surface area contributed by atoms with Gasteiger partial charge in [-0.15, -0.1) is 0 Å². The molecule has 0 aromatic heterocycles. The Bertz CT molecular complexity index is 580. The lowest BCUT2D eigenvalue weighted by molar-refractivity contribution is -0.139. The predicted octanol–water partition coefficient (Wildman–Crippen LogP) is 3.47. The van der Waals surface area contributed by atoms with E-state index in [2.05, 4.69) is 5.32 Å². The van der Waals surface area contributed by atoms with Crippen LogP contribution in [-0.2, 0) is 15.1 Å². The molecule has 5 heteroatoms. The molecule has 0 bridgehead atoms. The van der Waals surface area contributed by atoms with E-state index in [4.69, 9.17) is 4.74 Å². The fourth-order valence-corrected chi connectivity index (χ4v) is 3.50. The first-order valence-electron chi connectivity index (χ1n) is 8.60. The van der Waals surface area contributed by atoms with Gasteiger partial charge in [-0.1, -0.05) is 31.4 Å². The number of carbonyl (C=O) groups is 2. The monoisotopic (exact) mass is 333 g/mol. The quantitative estimate of drug-likeness (QED) is 0.801. The van der Waals surface area contributed by atoms with Crippen molar-refractivity contribution in [1.82, 2.24) is 5.32 Å². The molecule has 0 spiro atoms. The molecule has 5 nitrogen and oxygen atoms in total. The van der Waals surface area contributed by atoms with Crippen molar-refractivity contribution >= 4 is 11.9 Å². The number of carboxylic acids is 1. The van der Waals surface area contributed by atoms with Gasteiger partial charge in [0.1, 0.15) is 5.75 Å². The normalized spacial score (nSPS) is 17.8. The van der Waals surface area contributed by atoms with E-state index in [0.29, 0.717) is 18.1 Å². The number of benzene rings is 1. The third kappa shape index (κ3) is 4.98. The Morgan fingerprint density at radius 1 is 1.29 bits per heavy atom. The zero-order valence-corrected chi connectivity index (χ0v) is 14.5. The molecule has 1 saturated carbocycles. The maximum Gasteiger partial charge on any atom is 0.306 e. The Hall–Kier alpha value is -2.04. The molecule has 2 N–H and O–H groups in total. The Kier molecular flexibility index (Phi) is 6.23. The van der Waals surface area contributed by atoms with Gasteiger partial charge in [0.2, 0.25) is 5.91 Å². The van der Waals surface area contributed by atoms with Gasteiger partial charge >= 0.3 is 5.97 Å². The molecule has 1 fully saturated rings. The average molecular weight is 333 g/mol. The van der Waals surface area contributed by atoms with Crippen molar-refractivity contribution in [3.63, 3.8) is 0 Å². The van der Waals surface area contributed by atoms with Gasteiger partial charge in [-0.2, -0.15) is 0 Å². The lowest BCUT2D eigenvalue weighted by Gasteiger charge is -2.31. The van der Waals surface area contributed by atoms with Crippen LogP contribution in [0.15, 0.2) is 24.3 Å². The maximum absolute atomic E-state index is 12.5. The second-order valence-corrected chi connectivity index (χ2v) is 6.89. The number of ether oxygens (including phenoxy) is 1. The van der Waals surface area contributed by atoms with E-state index in [1.807, 2.05) is 12.1 Å². The van der Waals surface area contributed by atoms with Crippen molar-refractivity contribution in [3.05, 3.63) is 29.8 Å². The molecule has 2 rings (SSSR count). The minimum absolute atomic E-state index is 0.0755. The molecule has 1 atom stereocenters. The van der Waals surface area contributed by atoms with Crippen molar-refractivity contribution in [3.8, 4) is 5.75 Å². The van der Waals surface area contributed by atoms with Crippen LogP contribution in [0.1, 0.15) is 57.4 Å². The summed E-state index contributed by atoms with van der Waals surface area (Å²) in [5.74, 6) is 0.0375. The Balaban J connectivity index is 2.13. The lowest BCUT2D eigenvalue weighted by atomic mass is 9.85. The molecular formula is C19H27NO4. The molecule has 0 radical (unpaired) electrons. The van der Waals surface area contributed by atoms with Crippen LogP contribution in [0, 0.1) is 5.92 Å². The van der Waals surface area contributed by atoms with Gasteiger partial charge in [-0.05, 0) is 43.4 Å². The molecule has 1 aromatic carbocycles. The van der Waals surface area contributed by atoms with Crippen LogP contribution in [0.4, 0.5) is 0 Å². The first-order valence-corrected chi connectivity index (χ1v) is 8.60. The zero-order chi connectivity index (χ0) is 17.6. The summed E-state index contributed by atoms with van der Waals surface area (Å²) >= 11 is 0. The van der Waals surface area contributed by atoms with Gasteiger partial charge in [-0.3, -0.25) is 9.59 Å². The third-order valence-electron chi connectivity index (χ3n) is 4.83. The number of carboxylic acid groups (broad SMARTS) is 1. The summed E-state index contributed by atoms with van der Waals surface area (Å²) in [7, 11) is 1.56. The van der Waals surface area contributed by atoms with Crippen molar-refractivity contribution in [2.75, 3.05) is 7.11 Å². The molecule has 1 aromatic rings. The molecule has 0 aliphatic heterocycles. The lowest BCUT2D eigenvalue weighted by Crippen LogP contribution is -2.45. The van der Waals surface area contributed by atoms with E-state index in [1.54, 1.807) is 26.2 Å². The largest absolute Gasteiger partial charge is 0.497 e. The molecule has 1 amide bonds. The van der Waals surface area contributed by atoms with Crippen molar-refractivity contribution in [2.24, 2.45) is 5.92 Å². The molecule has 0 heterocycles. The van der Waals surface area contributed by atoms with Crippen LogP contribution in [0.3, 0.4) is 0 Å². The third-order valence-corrected chi connectivity index (χ3v) is 4.83. The Labute approximate surface area is 143 Å². The Morgan fingerprint density at radius 2 is 2.00 bits per heavy atom. The zero-order valence-electron chi connectivity index (χ0n) is 14.5. The fourth-order valence-electron chi connectivity index (χ4n) is 3.50. The van der Waals surface area contributed by atoms with E-state index < -0.39 is 11.5 Å². The highest BCUT2D eigenvalue weighted by atomic mass is 16.5. The summed E-state index contributed by atoms with van der Waals surface area (Å²) in [5, 5.41) is 12.3. The number of amides is 1. The van der Waals surface area contributed by atoms with Crippen LogP contribution >= 0.6 is 0 Å². The smallest absolute Gasteiger partial charge is 0.306 e. The van der Waals surface area contributed by atoms with Crippen molar-refractivity contribution in [2.45, 2.75) is 57.4 Å². The number of hydrogen-bond donors (Lipinski definition) is 2. The SMILES string of the molecule is COc1cccc(C(C)(CC(=O)O)NC(=O)CC2CCCCC2)c1. The van der Waals surface area contributed by atoms with E-state index >= 15 is 0 Å². The minimum atomic E-state index is -0.952. The molecule has 132 valence electrons. The molecule has 1 aliphatic carbocycles. The second kappa shape index (κ2) is 8.18. The van der Waals surface area contributed by atoms with Crippen LogP contribution in [0.5, 0.6) is 5.75 Å². The molecular weight excluding hydrogens is 306 g/mol. The summed E-state index contributed by atoms with van der Waals surface area (Å²) < 4.78 is 5.22. The van der Waals surface area contributed by atoms with E-state index in [0.717, 1.165) is 18.4 Å². The van der Waals surface area contributed by atoms with Gasteiger partial charge in [-0.25, -0.2) is 0 Å². The van der Waals surface area contributed by atoms with Gasteiger partial charge in [0, 0.05) is 6.42 Å². The standard InChI is InChI=1S/C19H27NO4/c1-19(13-18(22)23,15-9-6-10-16(12-15)24-2)20-17(21)11-14-7-4-3-5-8-14/h6,9-10,12,14H,3-5,7-8,11,13H2,1-2H3,(H,20,21)(H,22,23). The summed E-state index contributed by atoms with van der Waals surface area (Å²) in [5.41, 5.74) is -0.215. The number of nitrogens with one attached hydrogen (secondary N) is 1. The van der Waals surface area contributed by atoms with Crippen LogP contribution < -0.4 is 10.1 Å². The van der Waals surface area contributed by atoms with E-state index in [9.17, 15) is 14.7 Å². The minimum Gasteiger partial charge on any atom is -0.497 e. The summed E-state index contributed by atoms with van der Waals surface area (Å²) in [6.07, 6.45) is 6.08. The average Bonchev–Trinajstić information content (AvgIpc) is 2.55. The van der Waals surface area contributed by atoms with Gasteiger partial charge in [0.15, 0.2) is 0 Å². The maximum atomic E-state index is 12.5. The molecule has 24 heavy (non-hydrogen) atoms. The molecule has 1 aliphatic rings. The number of carbonyl (C=O) groups excluding carboxylic acids is 1. The summed E-state index contributed by atoms with van der Waals surface area (Å²) in [6, 6.07) is 7.21. The highest BCUT2D eigenvalue weighted by Gasteiger charge is 2.32. The number of aliphatic carboxylic acids is 1.